The second kappa shape index (κ2) is 8.80. The Morgan fingerprint density at radius 2 is 1.87 bits per heavy atom. The van der Waals surface area contributed by atoms with Crippen molar-refractivity contribution in [3.63, 3.8) is 0 Å². The summed E-state index contributed by atoms with van der Waals surface area (Å²) in [4.78, 5) is 4.52. The molecule has 0 fully saturated rings. The molecule has 0 saturated heterocycles. The number of rotatable bonds is 6. The van der Waals surface area contributed by atoms with Crippen LogP contribution in [0.15, 0.2) is 70.0 Å². The molecule has 10 heteroatoms. The molecule has 0 bridgehead atoms. The maximum Gasteiger partial charge on any atom is 0.416 e. The summed E-state index contributed by atoms with van der Waals surface area (Å²) in [7, 11) is -3.27. The van der Waals surface area contributed by atoms with Gasteiger partial charge in [-0.15, -0.1) is 11.3 Å². The Bertz CT molecular complexity index is 1180. The molecule has 0 saturated carbocycles. The van der Waals surface area contributed by atoms with Gasteiger partial charge in [-0.05, 0) is 35.9 Å². The van der Waals surface area contributed by atoms with Crippen molar-refractivity contribution < 1.29 is 21.6 Å². The number of halogens is 3. The zero-order chi connectivity index (χ0) is 21.8. The second-order valence-corrected chi connectivity index (χ2v) is 9.08. The molecule has 30 heavy (non-hydrogen) atoms. The highest BCUT2D eigenvalue weighted by atomic mass is 32.2. The van der Waals surface area contributed by atoms with E-state index in [-0.39, 0.29) is 4.90 Å². The number of hydrazone groups is 1. The second-order valence-electron chi connectivity index (χ2n) is 6.21. The van der Waals surface area contributed by atoms with Crippen LogP contribution in [0.5, 0.6) is 0 Å². The Balaban J connectivity index is 1.60. The molecule has 3 rings (SSSR count). The minimum Gasteiger partial charge on any atom is -0.253 e. The molecule has 0 atom stereocenters. The third-order valence-corrected chi connectivity index (χ3v) is 5.77. The van der Waals surface area contributed by atoms with Gasteiger partial charge in [0.05, 0.1) is 16.2 Å². The minimum absolute atomic E-state index is 0.235. The lowest BCUT2D eigenvalue weighted by Crippen LogP contribution is -2.03. The molecule has 1 N–H and O–H groups in total. The van der Waals surface area contributed by atoms with Crippen LogP contribution in [-0.2, 0) is 16.0 Å². The average Bonchev–Trinajstić information content (AvgIpc) is 3.16. The van der Waals surface area contributed by atoms with E-state index in [0.29, 0.717) is 22.0 Å². The van der Waals surface area contributed by atoms with Crippen molar-refractivity contribution in [2.24, 2.45) is 5.10 Å². The number of nitrogens with one attached hydrogen (secondary N) is 1. The van der Waals surface area contributed by atoms with Crippen molar-refractivity contribution in [3.05, 3.63) is 71.1 Å². The highest BCUT2D eigenvalue weighted by molar-refractivity contribution is 7.90. The van der Waals surface area contributed by atoms with Crippen LogP contribution in [-0.4, -0.2) is 25.9 Å². The number of anilines is 1. The number of hydrogen-bond acceptors (Lipinski definition) is 6. The van der Waals surface area contributed by atoms with Crippen molar-refractivity contribution in [2.45, 2.75) is 11.1 Å². The van der Waals surface area contributed by atoms with Crippen molar-refractivity contribution in [2.75, 3.05) is 11.7 Å². The molecule has 0 aliphatic heterocycles. The lowest BCUT2D eigenvalue weighted by Gasteiger charge is -2.06. The molecule has 2 aromatic carbocycles. The summed E-state index contributed by atoms with van der Waals surface area (Å²) in [6, 6.07) is 11.3. The van der Waals surface area contributed by atoms with Crippen LogP contribution in [0.3, 0.4) is 0 Å². The van der Waals surface area contributed by atoms with Gasteiger partial charge in [-0.3, -0.25) is 5.43 Å². The van der Waals surface area contributed by atoms with Crippen LogP contribution >= 0.6 is 11.3 Å². The quantitative estimate of drug-likeness (QED) is 0.405. The number of allylic oxidation sites excluding steroid dienone is 1. The van der Waals surface area contributed by atoms with Crippen molar-refractivity contribution in [3.8, 4) is 11.3 Å². The Kier molecular flexibility index (Phi) is 6.37. The summed E-state index contributed by atoms with van der Waals surface area (Å²) < 4.78 is 61.0. The highest BCUT2D eigenvalue weighted by Crippen LogP contribution is 2.31. The minimum atomic E-state index is -4.37. The molecule has 0 aliphatic rings. The molecule has 1 heterocycles. The van der Waals surface area contributed by atoms with Gasteiger partial charge in [0.25, 0.3) is 0 Å². The predicted molar refractivity (Wildman–Crippen MR) is 113 cm³/mol. The average molecular weight is 451 g/mol. The van der Waals surface area contributed by atoms with E-state index in [4.69, 9.17) is 0 Å². The van der Waals surface area contributed by atoms with Gasteiger partial charge in [-0.25, -0.2) is 13.4 Å². The summed E-state index contributed by atoms with van der Waals surface area (Å²) in [5.41, 5.74) is 3.86. The first-order valence-corrected chi connectivity index (χ1v) is 11.3. The van der Waals surface area contributed by atoms with Gasteiger partial charge in [0.1, 0.15) is 0 Å². The molecule has 156 valence electrons. The zero-order valence-electron chi connectivity index (χ0n) is 15.6. The maximum absolute atomic E-state index is 12.6. The molecule has 3 aromatic rings. The third-order valence-electron chi connectivity index (χ3n) is 3.91. The van der Waals surface area contributed by atoms with E-state index in [2.05, 4.69) is 15.5 Å². The van der Waals surface area contributed by atoms with E-state index < -0.39 is 21.6 Å². The van der Waals surface area contributed by atoms with Crippen molar-refractivity contribution in [1.29, 1.82) is 0 Å². The molecular weight excluding hydrogens is 435 g/mol. The molecule has 0 spiro atoms. The first-order valence-electron chi connectivity index (χ1n) is 8.52. The summed E-state index contributed by atoms with van der Waals surface area (Å²) in [6.07, 6.45) is 1.59. The molecule has 0 radical (unpaired) electrons. The van der Waals surface area contributed by atoms with E-state index in [0.717, 1.165) is 18.4 Å². The molecule has 0 aliphatic carbocycles. The fraction of sp³-hybridized carbons (Fsp3) is 0.100. The topological polar surface area (TPSA) is 71.4 Å². The van der Waals surface area contributed by atoms with Gasteiger partial charge in [0, 0.05) is 23.4 Å². The summed E-state index contributed by atoms with van der Waals surface area (Å²) in [5, 5.41) is 6.20. The largest absolute Gasteiger partial charge is 0.416 e. The Labute approximate surface area is 175 Å². The number of hydrogen-bond donors (Lipinski definition) is 1. The van der Waals surface area contributed by atoms with Gasteiger partial charge >= 0.3 is 6.18 Å². The number of benzene rings is 2. The van der Waals surface area contributed by atoms with Crippen molar-refractivity contribution >= 4 is 38.6 Å². The maximum atomic E-state index is 12.6. The van der Waals surface area contributed by atoms with E-state index >= 15 is 0 Å². The smallest absolute Gasteiger partial charge is 0.253 e. The molecule has 0 unspecified atom stereocenters. The summed E-state index contributed by atoms with van der Waals surface area (Å²) in [6.45, 7) is 0. The van der Waals surface area contributed by atoms with Crippen LogP contribution in [0, 0.1) is 0 Å². The van der Waals surface area contributed by atoms with Gasteiger partial charge in [0.15, 0.2) is 9.84 Å². The summed E-state index contributed by atoms with van der Waals surface area (Å²) in [5.74, 6) is 0. The van der Waals surface area contributed by atoms with Gasteiger partial charge in [0.2, 0.25) is 5.13 Å². The standard InChI is InChI=1S/C20H16F3N3O2S2/c1-30(27,28)17-6-2-4-14(12-17)5-3-11-24-26-19-25-18(13-29-19)15-7-9-16(10-8-15)20(21,22)23/h2-13H,1H3,(H,25,26). The normalized spacial score (nSPS) is 12.7. The lowest BCUT2D eigenvalue weighted by atomic mass is 10.1. The van der Waals surface area contributed by atoms with Gasteiger partial charge in [-0.2, -0.15) is 18.3 Å². The van der Waals surface area contributed by atoms with E-state index in [1.54, 1.807) is 35.7 Å². The first-order chi connectivity index (χ1) is 14.1. The molecule has 1 aromatic heterocycles. The number of nitrogens with zero attached hydrogens (tertiary/aromatic N) is 2. The van der Waals surface area contributed by atoms with Crippen LogP contribution in [0.25, 0.3) is 17.3 Å². The Morgan fingerprint density at radius 1 is 1.13 bits per heavy atom. The van der Waals surface area contributed by atoms with Crippen LogP contribution in [0.2, 0.25) is 0 Å². The zero-order valence-corrected chi connectivity index (χ0v) is 17.2. The van der Waals surface area contributed by atoms with Crippen LogP contribution in [0.4, 0.5) is 18.3 Å². The molecule has 0 amide bonds. The van der Waals surface area contributed by atoms with E-state index in [1.807, 2.05) is 0 Å². The highest BCUT2D eigenvalue weighted by Gasteiger charge is 2.30. The number of sulfone groups is 1. The third kappa shape index (κ3) is 5.77. The lowest BCUT2D eigenvalue weighted by molar-refractivity contribution is -0.137. The number of aromatic nitrogens is 1. The van der Waals surface area contributed by atoms with Crippen LogP contribution < -0.4 is 5.43 Å². The molecule has 5 nitrogen and oxygen atoms in total. The van der Waals surface area contributed by atoms with E-state index in [9.17, 15) is 21.6 Å². The number of alkyl halides is 3. The predicted octanol–water partition coefficient (Wildman–Crippen LogP) is 5.34. The fourth-order valence-electron chi connectivity index (χ4n) is 2.43. The molecular formula is C20H16F3N3O2S2. The Morgan fingerprint density at radius 3 is 2.53 bits per heavy atom. The summed E-state index contributed by atoms with van der Waals surface area (Å²) >= 11 is 1.26. The van der Waals surface area contributed by atoms with E-state index in [1.165, 1.54) is 35.8 Å². The van der Waals surface area contributed by atoms with Crippen molar-refractivity contribution in [1.82, 2.24) is 4.98 Å². The Hall–Kier alpha value is -2.98. The van der Waals surface area contributed by atoms with Gasteiger partial charge in [-0.1, -0.05) is 30.3 Å². The SMILES string of the molecule is CS(=O)(=O)c1cccc(C=CC=NNc2nc(-c3ccc(C(F)(F)F)cc3)cs2)c1. The monoisotopic (exact) mass is 451 g/mol. The van der Waals surface area contributed by atoms with Crippen LogP contribution in [0.1, 0.15) is 11.1 Å². The fourth-order valence-corrected chi connectivity index (χ4v) is 3.77. The first kappa shape index (κ1) is 21.7. The van der Waals surface area contributed by atoms with Gasteiger partial charge < -0.3 is 0 Å². The number of thiazole rings is 1.